The molecule has 0 bridgehead atoms. The molecule has 0 aliphatic carbocycles. The third-order valence-corrected chi connectivity index (χ3v) is 3.24. The van der Waals surface area contributed by atoms with Crippen LogP contribution in [0.25, 0.3) is 0 Å². The molecule has 4 heteroatoms. The molecule has 2 aromatic carbocycles. The van der Waals surface area contributed by atoms with Crippen LogP contribution in [0.3, 0.4) is 0 Å². The van der Waals surface area contributed by atoms with Crippen LogP contribution in [0.15, 0.2) is 54.6 Å². The van der Waals surface area contributed by atoms with E-state index in [1.54, 1.807) is 7.11 Å². The Kier molecular flexibility index (Phi) is 3.21. The van der Waals surface area contributed by atoms with Gasteiger partial charge in [0.15, 0.2) is 0 Å². The molecule has 1 amide bonds. The molecular weight excluding hydrogens is 252 g/mol. The van der Waals surface area contributed by atoms with Gasteiger partial charge in [-0.15, -0.1) is 5.43 Å². The first-order valence-corrected chi connectivity index (χ1v) is 6.42. The van der Waals surface area contributed by atoms with Crippen LogP contribution in [0, 0.1) is 0 Å². The van der Waals surface area contributed by atoms with Crippen molar-refractivity contribution < 1.29 is 14.2 Å². The Bertz CT molecular complexity index is 651. The minimum absolute atomic E-state index is 0.0342. The summed E-state index contributed by atoms with van der Waals surface area (Å²) in [5.74, 6) is 0.848. The number of carbonyl (C=O) groups excluding carboxylic acids is 1. The van der Waals surface area contributed by atoms with Gasteiger partial charge in [-0.05, 0) is 36.4 Å². The van der Waals surface area contributed by atoms with Crippen molar-refractivity contribution in [2.45, 2.75) is 0 Å². The lowest BCUT2D eigenvalue weighted by Crippen LogP contribution is -2.55. The average Bonchev–Trinajstić information content (AvgIpc) is 2.47. The summed E-state index contributed by atoms with van der Waals surface area (Å²) in [6.45, 7) is 0.385. The first kappa shape index (κ1) is 12.4. The highest BCUT2D eigenvalue weighted by Crippen LogP contribution is 2.16. The van der Waals surface area contributed by atoms with Gasteiger partial charge in [-0.3, -0.25) is 4.79 Å². The number of hydrazine groups is 1. The Labute approximate surface area is 117 Å². The number of nitrogens with zero attached hydrogens (tertiary/aromatic N) is 1. The van der Waals surface area contributed by atoms with Gasteiger partial charge in [0.05, 0.1) is 7.11 Å². The fourth-order valence-electron chi connectivity index (χ4n) is 2.24. The fraction of sp³-hybridized carbons (Fsp3) is 0.125. The van der Waals surface area contributed by atoms with Crippen LogP contribution >= 0.6 is 0 Å². The molecular formula is C16H15N2O2+. The van der Waals surface area contributed by atoms with E-state index < -0.39 is 0 Å². The molecule has 1 saturated heterocycles. The first-order valence-electron chi connectivity index (χ1n) is 6.42. The highest BCUT2D eigenvalue weighted by molar-refractivity contribution is 6.10. The number of rotatable bonds is 3. The molecule has 0 aromatic heterocycles. The second kappa shape index (κ2) is 5.17. The number of hydrogen-bond acceptors (Lipinski definition) is 2. The molecule has 3 rings (SSSR count). The maximum atomic E-state index is 11.2. The van der Waals surface area contributed by atoms with Gasteiger partial charge in [0.25, 0.3) is 6.54 Å². The minimum Gasteiger partial charge on any atom is -0.497 e. The second-order valence-corrected chi connectivity index (χ2v) is 4.56. The number of hydrogen-bond donors (Lipinski definition) is 1. The zero-order chi connectivity index (χ0) is 13.9. The predicted molar refractivity (Wildman–Crippen MR) is 75.9 cm³/mol. The zero-order valence-electron chi connectivity index (χ0n) is 11.2. The number of benzene rings is 2. The van der Waals surface area contributed by atoms with E-state index in [1.165, 1.54) is 0 Å². The zero-order valence-corrected chi connectivity index (χ0v) is 11.2. The van der Waals surface area contributed by atoms with Gasteiger partial charge < -0.3 is 4.74 Å². The van der Waals surface area contributed by atoms with E-state index >= 15 is 0 Å². The molecule has 4 nitrogen and oxygen atoms in total. The minimum atomic E-state index is 0.0342. The van der Waals surface area contributed by atoms with Crippen LogP contribution in [0.2, 0.25) is 0 Å². The van der Waals surface area contributed by atoms with Crippen molar-refractivity contribution in [3.8, 4) is 5.75 Å². The SMILES string of the molecule is COc1ccc(/C(c2ccccc2)=[N+]2/CC(=O)N2)cc1. The van der Waals surface area contributed by atoms with E-state index in [-0.39, 0.29) is 5.91 Å². The number of amides is 1. The molecule has 1 aliphatic rings. The van der Waals surface area contributed by atoms with Crippen LogP contribution < -0.4 is 10.2 Å². The Balaban J connectivity index is 2.06. The van der Waals surface area contributed by atoms with Crippen LogP contribution in [0.5, 0.6) is 5.75 Å². The summed E-state index contributed by atoms with van der Waals surface area (Å²) in [6, 6.07) is 17.8. The Morgan fingerprint density at radius 2 is 1.65 bits per heavy atom. The van der Waals surface area contributed by atoms with Crippen LogP contribution in [-0.4, -0.2) is 30.0 Å². The molecule has 1 N–H and O–H groups in total. The van der Waals surface area contributed by atoms with E-state index in [0.717, 1.165) is 22.6 Å². The molecule has 20 heavy (non-hydrogen) atoms. The molecule has 0 radical (unpaired) electrons. The summed E-state index contributed by atoms with van der Waals surface area (Å²) >= 11 is 0. The van der Waals surface area contributed by atoms with Crippen molar-refractivity contribution in [3.05, 3.63) is 65.7 Å². The summed E-state index contributed by atoms with van der Waals surface area (Å²) in [7, 11) is 1.65. The lowest BCUT2D eigenvalue weighted by molar-refractivity contribution is -0.601. The van der Waals surface area contributed by atoms with Crippen molar-refractivity contribution in [1.29, 1.82) is 0 Å². The summed E-state index contributed by atoms with van der Waals surface area (Å²) < 4.78 is 7.04. The normalized spacial score (nSPS) is 16.1. The lowest BCUT2D eigenvalue weighted by Gasteiger charge is -2.15. The molecule has 100 valence electrons. The van der Waals surface area contributed by atoms with Crippen molar-refractivity contribution in [3.63, 3.8) is 0 Å². The second-order valence-electron chi connectivity index (χ2n) is 4.56. The summed E-state index contributed by atoms with van der Waals surface area (Å²) in [5.41, 5.74) is 5.89. The van der Waals surface area contributed by atoms with Crippen molar-refractivity contribution >= 4 is 11.6 Å². The van der Waals surface area contributed by atoms with Crippen LogP contribution in [-0.2, 0) is 4.79 Å². The molecule has 1 heterocycles. The van der Waals surface area contributed by atoms with E-state index in [0.29, 0.717) is 6.54 Å². The van der Waals surface area contributed by atoms with Gasteiger partial charge in [-0.25, -0.2) is 0 Å². The van der Waals surface area contributed by atoms with Crippen LogP contribution in [0.4, 0.5) is 0 Å². The highest BCUT2D eigenvalue weighted by Gasteiger charge is 2.32. The Morgan fingerprint density at radius 3 is 2.20 bits per heavy atom. The monoisotopic (exact) mass is 267 g/mol. The third-order valence-electron chi connectivity index (χ3n) is 3.24. The van der Waals surface area contributed by atoms with Gasteiger partial charge in [0.2, 0.25) is 5.71 Å². The average molecular weight is 267 g/mol. The van der Waals surface area contributed by atoms with Gasteiger partial charge in [-0.2, -0.15) is 0 Å². The summed E-state index contributed by atoms with van der Waals surface area (Å²) in [6.07, 6.45) is 0. The van der Waals surface area contributed by atoms with Crippen LogP contribution in [0.1, 0.15) is 11.1 Å². The van der Waals surface area contributed by atoms with Crippen molar-refractivity contribution in [2.75, 3.05) is 13.7 Å². The van der Waals surface area contributed by atoms with E-state index in [2.05, 4.69) is 5.43 Å². The Hall–Kier alpha value is -2.62. The van der Waals surface area contributed by atoms with Crippen molar-refractivity contribution in [2.24, 2.45) is 0 Å². The van der Waals surface area contributed by atoms with E-state index in [1.807, 2.05) is 59.3 Å². The van der Waals surface area contributed by atoms with E-state index in [9.17, 15) is 4.79 Å². The fourth-order valence-corrected chi connectivity index (χ4v) is 2.24. The maximum Gasteiger partial charge on any atom is 0.342 e. The standard InChI is InChI=1S/C16H14N2O2/c1-20-14-9-7-13(8-10-14)16(18-11-15(19)17-18)12-5-3-2-4-6-12/h2-10H,11H2,1H3/p+1/b18-16-. The van der Waals surface area contributed by atoms with Gasteiger partial charge >= 0.3 is 5.91 Å². The van der Waals surface area contributed by atoms with E-state index in [4.69, 9.17) is 4.74 Å². The summed E-state index contributed by atoms with van der Waals surface area (Å²) in [4.78, 5) is 11.2. The molecule has 0 atom stereocenters. The largest absolute Gasteiger partial charge is 0.497 e. The lowest BCUT2D eigenvalue weighted by atomic mass is 10.0. The quantitative estimate of drug-likeness (QED) is 0.858. The summed E-state index contributed by atoms with van der Waals surface area (Å²) in [5, 5.41) is 0. The molecule has 2 aromatic rings. The van der Waals surface area contributed by atoms with Gasteiger partial charge in [-0.1, -0.05) is 22.9 Å². The Morgan fingerprint density at radius 1 is 1.05 bits per heavy atom. The number of nitrogens with one attached hydrogen (secondary N) is 1. The van der Waals surface area contributed by atoms with Gasteiger partial charge in [0.1, 0.15) is 5.75 Å². The molecule has 0 unspecified atom stereocenters. The maximum absolute atomic E-state index is 11.2. The molecule has 0 saturated carbocycles. The molecule has 1 fully saturated rings. The number of methoxy groups -OCH3 is 1. The predicted octanol–water partition coefficient (Wildman–Crippen LogP) is 1.59. The number of carbonyl (C=O) groups is 1. The molecule has 1 aliphatic heterocycles. The highest BCUT2D eigenvalue weighted by atomic mass is 16.5. The topological polar surface area (TPSA) is 41.3 Å². The van der Waals surface area contributed by atoms with Crippen molar-refractivity contribution in [1.82, 2.24) is 5.43 Å². The number of ether oxygens (including phenoxy) is 1. The third kappa shape index (κ3) is 2.28. The van der Waals surface area contributed by atoms with Gasteiger partial charge in [0, 0.05) is 11.1 Å². The number of hydrazone groups is 1. The molecule has 0 spiro atoms. The first-order chi connectivity index (χ1) is 9.78. The smallest absolute Gasteiger partial charge is 0.342 e.